The van der Waals surface area contributed by atoms with Gasteiger partial charge >= 0.3 is 0 Å². The van der Waals surface area contributed by atoms with E-state index in [0.29, 0.717) is 28.2 Å². The summed E-state index contributed by atoms with van der Waals surface area (Å²) in [5.74, 6) is -1.15. The van der Waals surface area contributed by atoms with Crippen LogP contribution in [-0.2, 0) is 10.5 Å². The van der Waals surface area contributed by atoms with Gasteiger partial charge in [0.1, 0.15) is 5.82 Å². The Balaban J connectivity index is 1.82. The summed E-state index contributed by atoms with van der Waals surface area (Å²) in [5.41, 5.74) is 1.15. The average Bonchev–Trinajstić information content (AvgIpc) is 2.95. The second kappa shape index (κ2) is 5.90. The molecule has 0 unspecified atom stereocenters. The molecule has 2 aliphatic rings. The Morgan fingerprint density at radius 2 is 1.68 bits per heavy atom. The van der Waals surface area contributed by atoms with Crippen molar-refractivity contribution in [2.75, 3.05) is 15.5 Å². The molecule has 1 spiro atoms. The van der Waals surface area contributed by atoms with E-state index in [1.807, 2.05) is 6.07 Å². The van der Waals surface area contributed by atoms with Crippen molar-refractivity contribution in [2.24, 2.45) is 0 Å². The van der Waals surface area contributed by atoms with Crippen molar-refractivity contribution in [1.29, 1.82) is 0 Å². The second-order valence-electron chi connectivity index (χ2n) is 6.64. The topological polar surface area (TPSA) is 61.4 Å². The number of carbonyl (C=O) groups excluding carboxylic acids is 2. The van der Waals surface area contributed by atoms with Crippen LogP contribution in [-0.4, -0.2) is 11.8 Å². The number of nitrogens with zero attached hydrogens (tertiary/aromatic N) is 1. The molecule has 28 heavy (non-hydrogen) atoms. The van der Waals surface area contributed by atoms with E-state index < -0.39 is 11.5 Å². The van der Waals surface area contributed by atoms with Gasteiger partial charge in [0.25, 0.3) is 11.8 Å². The second-order valence-corrected chi connectivity index (χ2v) is 7.56. The number of hydrogen-bond donors (Lipinski definition) is 2. The summed E-state index contributed by atoms with van der Waals surface area (Å²) >= 11 is 3.45. The third-order valence-corrected chi connectivity index (χ3v) is 5.54. The maximum absolute atomic E-state index is 13.5. The van der Waals surface area contributed by atoms with Gasteiger partial charge < -0.3 is 10.6 Å². The highest BCUT2D eigenvalue weighted by Crippen LogP contribution is 2.47. The van der Waals surface area contributed by atoms with Gasteiger partial charge in [0, 0.05) is 27.1 Å². The number of amides is 2. The molecule has 3 aromatic rings. The molecule has 2 aliphatic heterocycles. The highest BCUT2D eigenvalue weighted by Gasteiger charge is 2.57. The summed E-state index contributed by atoms with van der Waals surface area (Å²) in [7, 11) is 0. The number of halogens is 2. The summed E-state index contributed by atoms with van der Waals surface area (Å²) in [4.78, 5) is 28.2. The molecule has 0 bridgehead atoms. The van der Waals surface area contributed by atoms with Crippen LogP contribution in [0.1, 0.15) is 15.9 Å². The van der Waals surface area contributed by atoms with Gasteiger partial charge in [-0.25, -0.2) is 4.39 Å². The minimum absolute atomic E-state index is 0.344. The van der Waals surface area contributed by atoms with Gasteiger partial charge in [-0.2, -0.15) is 0 Å². The first-order chi connectivity index (χ1) is 13.5. The number of fused-ring (bicyclic) bond motifs is 3. The Morgan fingerprint density at radius 3 is 2.46 bits per heavy atom. The number of anilines is 3. The van der Waals surface area contributed by atoms with Gasteiger partial charge in [-0.1, -0.05) is 28.1 Å². The maximum Gasteiger partial charge on any atom is 0.276 e. The standard InChI is InChI=1S/C21H13BrFN3O2/c22-12-5-10-18-16(11-12)21(20(28)24-18)25-17-4-2-1-3-15(17)19(27)26(21)14-8-6-13(23)7-9-14/h1-11,25H,(H,24,28)/t21-/m1/s1. The van der Waals surface area contributed by atoms with Gasteiger partial charge in [-0.05, 0) is 54.6 Å². The normalized spacial score (nSPS) is 19.9. The highest BCUT2D eigenvalue weighted by molar-refractivity contribution is 9.10. The minimum atomic E-state index is -1.48. The predicted molar refractivity (Wildman–Crippen MR) is 108 cm³/mol. The van der Waals surface area contributed by atoms with Crippen LogP contribution in [0.4, 0.5) is 21.5 Å². The molecule has 7 heteroatoms. The van der Waals surface area contributed by atoms with E-state index >= 15 is 0 Å². The lowest BCUT2D eigenvalue weighted by atomic mass is 9.92. The number of carbonyl (C=O) groups is 2. The van der Waals surface area contributed by atoms with E-state index in [2.05, 4.69) is 26.6 Å². The van der Waals surface area contributed by atoms with E-state index in [4.69, 9.17) is 0 Å². The fourth-order valence-electron chi connectivity index (χ4n) is 3.81. The Hall–Kier alpha value is -3.19. The molecule has 3 aromatic carbocycles. The Bertz CT molecular complexity index is 1150. The molecule has 0 fully saturated rings. The number of hydrogen-bond acceptors (Lipinski definition) is 3. The lowest BCUT2D eigenvalue weighted by molar-refractivity contribution is -0.119. The molecular weight excluding hydrogens is 425 g/mol. The molecule has 0 saturated heterocycles. The van der Waals surface area contributed by atoms with Crippen LogP contribution in [0.15, 0.2) is 71.2 Å². The molecule has 0 aliphatic carbocycles. The van der Waals surface area contributed by atoms with Gasteiger partial charge in [-0.15, -0.1) is 0 Å². The summed E-state index contributed by atoms with van der Waals surface area (Å²) in [5, 5.41) is 6.14. The zero-order valence-electron chi connectivity index (χ0n) is 14.4. The average molecular weight is 438 g/mol. The van der Waals surface area contributed by atoms with E-state index in [9.17, 15) is 14.0 Å². The van der Waals surface area contributed by atoms with Crippen molar-refractivity contribution in [3.05, 3.63) is 88.1 Å². The first kappa shape index (κ1) is 16.9. The van der Waals surface area contributed by atoms with Crippen LogP contribution < -0.4 is 15.5 Å². The molecule has 2 heterocycles. The van der Waals surface area contributed by atoms with Gasteiger partial charge in [0.15, 0.2) is 0 Å². The number of benzene rings is 3. The van der Waals surface area contributed by atoms with Crippen molar-refractivity contribution < 1.29 is 14.0 Å². The molecular formula is C21H13BrFN3O2. The first-order valence-corrected chi connectivity index (χ1v) is 9.39. The lowest BCUT2D eigenvalue weighted by Crippen LogP contribution is -2.61. The quantitative estimate of drug-likeness (QED) is 0.590. The zero-order valence-corrected chi connectivity index (χ0v) is 16.0. The van der Waals surface area contributed by atoms with Gasteiger partial charge in [0.2, 0.25) is 5.66 Å². The molecule has 1 atom stereocenters. The molecule has 5 rings (SSSR count). The number of para-hydroxylation sites is 1. The smallest absolute Gasteiger partial charge is 0.276 e. The fourth-order valence-corrected chi connectivity index (χ4v) is 4.17. The molecule has 138 valence electrons. The zero-order chi connectivity index (χ0) is 19.5. The maximum atomic E-state index is 13.5. The lowest BCUT2D eigenvalue weighted by Gasteiger charge is -2.44. The number of rotatable bonds is 1. The van der Waals surface area contributed by atoms with Crippen LogP contribution in [0.5, 0.6) is 0 Å². The van der Waals surface area contributed by atoms with Crippen LogP contribution >= 0.6 is 15.9 Å². The molecule has 2 amide bonds. The van der Waals surface area contributed by atoms with Gasteiger partial charge in [-0.3, -0.25) is 14.5 Å². The highest BCUT2D eigenvalue weighted by atomic mass is 79.9. The minimum Gasteiger partial charge on any atom is -0.350 e. The molecule has 0 saturated carbocycles. The fraction of sp³-hybridized carbons (Fsp3) is 0.0476. The SMILES string of the molecule is O=C1c2ccccc2N[C@@]2(C(=O)Nc3ccc(Br)cc32)N1c1ccc(F)cc1. The molecule has 0 radical (unpaired) electrons. The Labute approximate surface area is 168 Å². The third kappa shape index (κ3) is 2.23. The van der Waals surface area contributed by atoms with Crippen LogP contribution in [0.25, 0.3) is 0 Å². The van der Waals surface area contributed by atoms with Gasteiger partial charge in [0.05, 0.1) is 5.56 Å². The van der Waals surface area contributed by atoms with Crippen LogP contribution in [0, 0.1) is 5.82 Å². The molecule has 2 N–H and O–H groups in total. The first-order valence-electron chi connectivity index (χ1n) is 8.59. The van der Waals surface area contributed by atoms with Crippen molar-refractivity contribution in [3.63, 3.8) is 0 Å². The molecule has 5 nitrogen and oxygen atoms in total. The van der Waals surface area contributed by atoms with E-state index in [1.54, 1.807) is 36.4 Å². The summed E-state index contributed by atoms with van der Waals surface area (Å²) in [6.07, 6.45) is 0. The van der Waals surface area contributed by atoms with E-state index in [0.717, 1.165) is 4.47 Å². The Kier molecular flexibility index (Phi) is 3.57. The molecule has 0 aromatic heterocycles. The van der Waals surface area contributed by atoms with Crippen molar-refractivity contribution in [1.82, 2.24) is 0 Å². The van der Waals surface area contributed by atoms with Crippen LogP contribution in [0.2, 0.25) is 0 Å². The van der Waals surface area contributed by atoms with Crippen molar-refractivity contribution in [2.45, 2.75) is 5.66 Å². The van der Waals surface area contributed by atoms with E-state index in [-0.39, 0.29) is 11.8 Å². The number of nitrogens with one attached hydrogen (secondary N) is 2. The van der Waals surface area contributed by atoms with Crippen molar-refractivity contribution in [3.8, 4) is 0 Å². The van der Waals surface area contributed by atoms with Crippen LogP contribution in [0.3, 0.4) is 0 Å². The third-order valence-electron chi connectivity index (χ3n) is 5.04. The monoisotopic (exact) mass is 437 g/mol. The van der Waals surface area contributed by atoms with Crippen molar-refractivity contribution >= 4 is 44.8 Å². The summed E-state index contributed by atoms with van der Waals surface area (Å²) < 4.78 is 14.3. The Morgan fingerprint density at radius 1 is 0.929 bits per heavy atom. The van der Waals surface area contributed by atoms with E-state index in [1.165, 1.54) is 29.2 Å². The summed E-state index contributed by atoms with van der Waals surface area (Å²) in [6.45, 7) is 0. The largest absolute Gasteiger partial charge is 0.350 e. The predicted octanol–water partition coefficient (Wildman–Crippen LogP) is 4.47. The summed E-state index contributed by atoms with van der Waals surface area (Å²) in [6, 6.07) is 18.0.